The first-order valence-electron chi connectivity index (χ1n) is 11.4. The zero-order valence-corrected chi connectivity index (χ0v) is 19.8. The Hall–Kier alpha value is -3.81. The number of benzene rings is 2. The average molecular weight is 463 g/mol. The molecule has 34 heavy (non-hydrogen) atoms. The minimum atomic E-state index is -0.447. The number of aryl methyl sites for hydroxylation is 2. The third-order valence-electron chi connectivity index (χ3n) is 6.37. The molecule has 178 valence electrons. The molecule has 1 saturated heterocycles. The molecule has 1 N–H and O–H groups in total. The summed E-state index contributed by atoms with van der Waals surface area (Å²) in [4.78, 5) is 43.8. The molecule has 0 atom stereocenters. The Morgan fingerprint density at radius 3 is 2.35 bits per heavy atom. The van der Waals surface area contributed by atoms with Gasteiger partial charge < -0.3 is 19.9 Å². The summed E-state index contributed by atoms with van der Waals surface area (Å²) in [5, 5.41) is 3.20. The molecule has 2 aromatic rings. The number of rotatable bonds is 5. The highest BCUT2D eigenvalue weighted by molar-refractivity contribution is 6.09. The Morgan fingerprint density at radius 1 is 1.00 bits per heavy atom. The number of carbonyl (C=O) groups excluding carboxylic acids is 3. The molecule has 8 nitrogen and oxygen atoms in total. The predicted octanol–water partition coefficient (Wildman–Crippen LogP) is 2.86. The van der Waals surface area contributed by atoms with E-state index in [9.17, 15) is 14.4 Å². The van der Waals surface area contributed by atoms with Crippen LogP contribution in [0.3, 0.4) is 0 Å². The van der Waals surface area contributed by atoms with E-state index in [1.165, 1.54) is 18.1 Å². The van der Waals surface area contributed by atoms with E-state index in [-0.39, 0.29) is 24.8 Å². The molecule has 2 aliphatic heterocycles. The molecule has 1 fully saturated rings. The number of para-hydroxylation sites is 1. The highest BCUT2D eigenvalue weighted by atomic mass is 16.5. The number of fused-ring (bicyclic) bond motifs is 1. The normalized spacial score (nSPS) is 15.8. The quantitative estimate of drug-likeness (QED) is 0.689. The van der Waals surface area contributed by atoms with Crippen LogP contribution < -0.4 is 15.1 Å². The molecule has 4 rings (SSSR count). The number of nitrogens with zero attached hydrogens (tertiary/aromatic N) is 3. The first kappa shape index (κ1) is 23.4. The number of nitrogens with one attached hydrogen (secondary N) is 1. The molecule has 2 aromatic carbocycles. The second kappa shape index (κ2) is 9.99. The first-order valence-corrected chi connectivity index (χ1v) is 11.4. The van der Waals surface area contributed by atoms with Gasteiger partial charge in [0.15, 0.2) is 0 Å². The lowest BCUT2D eigenvalue weighted by atomic mass is 10.1. The van der Waals surface area contributed by atoms with E-state index >= 15 is 0 Å². The number of anilines is 3. The highest BCUT2D eigenvalue weighted by Gasteiger charge is 2.29. The van der Waals surface area contributed by atoms with Crippen molar-refractivity contribution in [2.45, 2.75) is 20.3 Å². The lowest BCUT2D eigenvalue weighted by molar-refractivity contribution is -0.139. The van der Waals surface area contributed by atoms with Crippen LogP contribution in [0.2, 0.25) is 0 Å². The van der Waals surface area contributed by atoms with Crippen LogP contribution in [0.25, 0.3) is 0 Å². The molecular weight excluding hydrogens is 432 g/mol. The van der Waals surface area contributed by atoms with Crippen molar-refractivity contribution in [2.75, 3.05) is 55.0 Å². The summed E-state index contributed by atoms with van der Waals surface area (Å²) in [6.45, 7) is 6.55. The summed E-state index contributed by atoms with van der Waals surface area (Å²) < 4.78 is 4.76. The van der Waals surface area contributed by atoms with E-state index in [4.69, 9.17) is 4.74 Å². The van der Waals surface area contributed by atoms with Crippen molar-refractivity contribution in [1.29, 1.82) is 0 Å². The fourth-order valence-corrected chi connectivity index (χ4v) is 4.25. The summed E-state index contributed by atoms with van der Waals surface area (Å²) in [5.74, 6) is -0.891. The number of amides is 2. The molecule has 0 radical (unpaired) electrons. The van der Waals surface area contributed by atoms with Crippen molar-refractivity contribution in [1.82, 2.24) is 4.90 Å². The molecule has 0 aliphatic carbocycles. The summed E-state index contributed by atoms with van der Waals surface area (Å²) in [6, 6.07) is 14.0. The SMILES string of the molecule is COC(=O)CC1=CC(=O)N(CC(=O)N2CCN(c3ccccc3)CC2)c2cc(C)c(C)cc2N1. The lowest BCUT2D eigenvalue weighted by Crippen LogP contribution is -2.52. The van der Waals surface area contributed by atoms with Crippen LogP contribution in [0.15, 0.2) is 54.2 Å². The molecule has 2 heterocycles. The number of esters is 1. The summed E-state index contributed by atoms with van der Waals surface area (Å²) in [6.07, 6.45) is 1.32. The van der Waals surface area contributed by atoms with E-state index in [1.807, 2.05) is 49.1 Å². The van der Waals surface area contributed by atoms with Gasteiger partial charge in [-0.1, -0.05) is 18.2 Å². The van der Waals surface area contributed by atoms with Gasteiger partial charge in [0.25, 0.3) is 5.91 Å². The second-order valence-corrected chi connectivity index (χ2v) is 8.63. The maximum Gasteiger partial charge on any atom is 0.311 e. The van der Waals surface area contributed by atoms with Crippen molar-refractivity contribution < 1.29 is 19.1 Å². The van der Waals surface area contributed by atoms with Gasteiger partial charge in [-0.05, 0) is 49.2 Å². The molecule has 0 spiro atoms. The Morgan fingerprint density at radius 2 is 1.68 bits per heavy atom. The zero-order chi connectivity index (χ0) is 24.2. The monoisotopic (exact) mass is 462 g/mol. The Kier molecular flexibility index (Phi) is 6.86. The van der Waals surface area contributed by atoms with Crippen LogP contribution in [-0.2, 0) is 19.1 Å². The predicted molar refractivity (Wildman–Crippen MR) is 132 cm³/mol. The van der Waals surface area contributed by atoms with Crippen LogP contribution in [0, 0.1) is 13.8 Å². The third-order valence-corrected chi connectivity index (χ3v) is 6.37. The maximum atomic E-state index is 13.2. The largest absolute Gasteiger partial charge is 0.469 e. The number of ether oxygens (including phenoxy) is 1. The summed E-state index contributed by atoms with van der Waals surface area (Å²) >= 11 is 0. The van der Waals surface area contributed by atoms with Gasteiger partial charge in [0.2, 0.25) is 5.91 Å². The number of hydrogen-bond donors (Lipinski definition) is 1. The van der Waals surface area contributed by atoms with E-state index < -0.39 is 5.97 Å². The van der Waals surface area contributed by atoms with Gasteiger partial charge in [0.05, 0.1) is 24.9 Å². The van der Waals surface area contributed by atoms with Crippen LogP contribution >= 0.6 is 0 Å². The van der Waals surface area contributed by atoms with E-state index in [0.29, 0.717) is 30.2 Å². The lowest BCUT2D eigenvalue weighted by Gasteiger charge is -2.37. The van der Waals surface area contributed by atoms with Gasteiger partial charge in [0.1, 0.15) is 6.54 Å². The summed E-state index contributed by atoms with van der Waals surface area (Å²) in [7, 11) is 1.31. The first-order chi connectivity index (χ1) is 16.4. The number of piperazine rings is 1. The van der Waals surface area contributed by atoms with E-state index in [2.05, 4.69) is 22.3 Å². The van der Waals surface area contributed by atoms with Crippen LogP contribution in [0.1, 0.15) is 17.5 Å². The topological polar surface area (TPSA) is 82.2 Å². The Balaban J connectivity index is 1.52. The van der Waals surface area contributed by atoms with Crippen molar-refractivity contribution in [3.63, 3.8) is 0 Å². The van der Waals surface area contributed by atoms with Crippen molar-refractivity contribution in [3.8, 4) is 0 Å². The fourth-order valence-electron chi connectivity index (χ4n) is 4.25. The fraction of sp³-hybridized carbons (Fsp3) is 0.346. The van der Waals surface area contributed by atoms with Gasteiger partial charge in [-0.25, -0.2) is 0 Å². The molecule has 8 heteroatoms. The van der Waals surface area contributed by atoms with Gasteiger partial charge in [-0.3, -0.25) is 19.3 Å². The molecule has 2 amide bonds. The highest BCUT2D eigenvalue weighted by Crippen LogP contribution is 2.33. The Labute approximate surface area is 199 Å². The Bertz CT molecular complexity index is 1120. The molecule has 0 saturated carbocycles. The standard InChI is InChI=1S/C26H30N4O4/c1-18-13-22-23(14-19(18)2)30(24(31)15-20(27-22)16-26(33)34-3)17-25(32)29-11-9-28(10-12-29)21-7-5-4-6-8-21/h4-8,13-15,27H,9-12,16-17H2,1-3H3. The van der Waals surface area contributed by atoms with Crippen molar-refractivity contribution in [3.05, 3.63) is 65.4 Å². The number of carbonyl (C=O) groups is 3. The van der Waals surface area contributed by atoms with Crippen LogP contribution in [-0.4, -0.2) is 62.5 Å². The van der Waals surface area contributed by atoms with Crippen LogP contribution in [0.4, 0.5) is 17.1 Å². The van der Waals surface area contributed by atoms with E-state index in [0.717, 1.165) is 29.9 Å². The molecular formula is C26H30N4O4. The van der Waals surface area contributed by atoms with Crippen molar-refractivity contribution >= 4 is 34.8 Å². The molecule has 2 aliphatic rings. The number of methoxy groups -OCH3 is 1. The molecule has 0 unspecified atom stereocenters. The van der Waals surface area contributed by atoms with Gasteiger partial charge >= 0.3 is 5.97 Å². The smallest absolute Gasteiger partial charge is 0.311 e. The third kappa shape index (κ3) is 5.06. The second-order valence-electron chi connectivity index (χ2n) is 8.63. The molecule has 0 aromatic heterocycles. The zero-order valence-electron chi connectivity index (χ0n) is 19.8. The van der Waals surface area contributed by atoms with Gasteiger partial charge in [-0.2, -0.15) is 0 Å². The minimum absolute atomic E-state index is 0.0577. The van der Waals surface area contributed by atoms with E-state index in [1.54, 1.807) is 0 Å². The van der Waals surface area contributed by atoms with Gasteiger partial charge in [-0.15, -0.1) is 0 Å². The van der Waals surface area contributed by atoms with Gasteiger partial charge in [0, 0.05) is 43.6 Å². The maximum absolute atomic E-state index is 13.2. The average Bonchev–Trinajstić information content (AvgIpc) is 2.96. The number of hydrogen-bond acceptors (Lipinski definition) is 6. The summed E-state index contributed by atoms with van der Waals surface area (Å²) in [5.41, 5.74) is 4.95. The van der Waals surface area contributed by atoms with Crippen LogP contribution in [0.5, 0.6) is 0 Å². The minimum Gasteiger partial charge on any atom is -0.469 e. The molecule has 0 bridgehead atoms. The van der Waals surface area contributed by atoms with Crippen molar-refractivity contribution in [2.24, 2.45) is 0 Å².